The minimum Gasteiger partial charge on any atom is -0.353 e. The van der Waals surface area contributed by atoms with Crippen molar-refractivity contribution in [2.45, 2.75) is 52.1 Å². The van der Waals surface area contributed by atoms with E-state index < -0.39 is 0 Å². The molecule has 2 N–H and O–H groups in total. The van der Waals surface area contributed by atoms with Crippen molar-refractivity contribution >= 4 is 23.4 Å². The molecule has 2 atom stereocenters. The van der Waals surface area contributed by atoms with Crippen LogP contribution < -0.4 is 10.6 Å². The van der Waals surface area contributed by atoms with Crippen molar-refractivity contribution in [1.82, 2.24) is 15.1 Å². The molecule has 1 heterocycles. The zero-order chi connectivity index (χ0) is 21.8. The van der Waals surface area contributed by atoms with Gasteiger partial charge in [-0.3, -0.25) is 19.3 Å². The second kappa shape index (κ2) is 9.60. The molecule has 1 aromatic carbocycles. The Morgan fingerprint density at radius 1 is 1.20 bits per heavy atom. The van der Waals surface area contributed by atoms with Crippen molar-refractivity contribution in [1.29, 1.82) is 0 Å². The fourth-order valence-electron chi connectivity index (χ4n) is 4.07. The molecular weight excluding hydrogens is 380 g/mol. The lowest BCUT2D eigenvalue weighted by Crippen LogP contribution is -2.48. The van der Waals surface area contributed by atoms with Gasteiger partial charge in [0, 0.05) is 42.3 Å². The molecule has 1 aliphatic heterocycles. The lowest BCUT2D eigenvalue weighted by atomic mass is 10.0. The Labute approximate surface area is 179 Å². The largest absolute Gasteiger partial charge is 0.353 e. The smallest absolute Gasteiger partial charge is 0.253 e. The van der Waals surface area contributed by atoms with Crippen LogP contribution in [0.15, 0.2) is 24.3 Å². The average Bonchev–Trinajstić information content (AvgIpc) is 3.44. The molecule has 3 rings (SSSR count). The summed E-state index contributed by atoms with van der Waals surface area (Å²) in [7, 11) is 1.97. The zero-order valence-corrected chi connectivity index (χ0v) is 18.5. The van der Waals surface area contributed by atoms with Crippen molar-refractivity contribution in [3.63, 3.8) is 0 Å². The quantitative estimate of drug-likeness (QED) is 0.718. The Morgan fingerprint density at radius 3 is 2.47 bits per heavy atom. The molecule has 3 amide bonds. The topological polar surface area (TPSA) is 81.8 Å². The van der Waals surface area contributed by atoms with Gasteiger partial charge in [-0.1, -0.05) is 13.0 Å². The molecule has 7 heteroatoms. The number of amides is 3. The van der Waals surface area contributed by atoms with Crippen LogP contribution in [0.2, 0.25) is 0 Å². The van der Waals surface area contributed by atoms with E-state index in [4.69, 9.17) is 0 Å². The van der Waals surface area contributed by atoms with E-state index in [9.17, 15) is 14.4 Å². The first-order valence-electron chi connectivity index (χ1n) is 10.9. The highest BCUT2D eigenvalue weighted by Crippen LogP contribution is 2.38. The van der Waals surface area contributed by atoms with Crippen molar-refractivity contribution in [3.8, 4) is 0 Å². The number of hydrogen-bond donors (Lipinski definition) is 2. The molecule has 30 heavy (non-hydrogen) atoms. The van der Waals surface area contributed by atoms with Gasteiger partial charge in [-0.05, 0) is 64.3 Å². The molecule has 164 valence electrons. The highest BCUT2D eigenvalue weighted by atomic mass is 16.2. The van der Waals surface area contributed by atoms with E-state index >= 15 is 0 Å². The summed E-state index contributed by atoms with van der Waals surface area (Å²) in [5.41, 5.74) is 1.27. The number of hydrogen-bond acceptors (Lipinski definition) is 4. The third kappa shape index (κ3) is 5.81. The summed E-state index contributed by atoms with van der Waals surface area (Å²) in [6.07, 6.45) is 2.62. The van der Waals surface area contributed by atoms with Crippen LogP contribution in [-0.2, 0) is 9.59 Å². The van der Waals surface area contributed by atoms with Crippen LogP contribution in [-0.4, -0.2) is 66.3 Å². The average molecular weight is 415 g/mol. The first-order chi connectivity index (χ1) is 14.2. The van der Waals surface area contributed by atoms with Crippen LogP contribution in [0.1, 0.15) is 50.4 Å². The maximum atomic E-state index is 12.9. The van der Waals surface area contributed by atoms with Gasteiger partial charge in [0.15, 0.2) is 0 Å². The number of anilines is 1. The molecule has 2 fully saturated rings. The minimum atomic E-state index is -0.00968. The Balaban J connectivity index is 1.51. The molecule has 0 aromatic heterocycles. The van der Waals surface area contributed by atoms with Gasteiger partial charge in [0.25, 0.3) is 5.91 Å². The molecule has 7 nitrogen and oxygen atoms in total. The molecule has 1 aromatic rings. The summed E-state index contributed by atoms with van der Waals surface area (Å²) >= 11 is 0. The van der Waals surface area contributed by atoms with Gasteiger partial charge in [-0.2, -0.15) is 0 Å². The Bertz CT molecular complexity index is 786. The molecule has 0 unspecified atom stereocenters. The first-order valence-corrected chi connectivity index (χ1v) is 10.9. The molecule has 1 saturated heterocycles. The second-order valence-corrected chi connectivity index (χ2v) is 9.05. The third-order valence-electron chi connectivity index (χ3n) is 6.04. The van der Waals surface area contributed by atoms with Crippen molar-refractivity contribution < 1.29 is 14.4 Å². The SMILES string of the molecule is CC(C)NC(=O)CN(C)C1CCN(C(=O)c2cccc(NC(=O)[C@@H]3C[C@@H]3C)c2)CC1. The number of nitrogens with zero attached hydrogens (tertiary/aromatic N) is 2. The van der Waals surface area contributed by atoms with E-state index in [0.29, 0.717) is 36.8 Å². The standard InChI is InChI=1S/C23H34N4O3/c1-15(2)24-21(28)14-26(4)19-8-10-27(11-9-19)23(30)17-6-5-7-18(13-17)25-22(29)20-12-16(20)3/h5-7,13,15-16,19-20H,8-12,14H2,1-4H3,(H,24,28)(H,25,29)/t16-,20+/m0/s1. The summed E-state index contributed by atoms with van der Waals surface area (Å²) in [6, 6.07) is 7.63. The van der Waals surface area contributed by atoms with Gasteiger partial charge in [-0.15, -0.1) is 0 Å². The molecule has 1 aliphatic carbocycles. The van der Waals surface area contributed by atoms with Crippen LogP contribution in [0.3, 0.4) is 0 Å². The van der Waals surface area contributed by atoms with E-state index in [1.807, 2.05) is 37.9 Å². The van der Waals surface area contributed by atoms with Crippen LogP contribution in [0.5, 0.6) is 0 Å². The monoisotopic (exact) mass is 414 g/mol. The van der Waals surface area contributed by atoms with Gasteiger partial charge in [0.2, 0.25) is 11.8 Å². The number of likely N-dealkylation sites (N-methyl/N-ethyl adjacent to an activating group) is 1. The normalized spacial score (nSPS) is 21.6. The minimum absolute atomic E-state index is 0.00968. The van der Waals surface area contributed by atoms with Gasteiger partial charge >= 0.3 is 0 Å². The van der Waals surface area contributed by atoms with Crippen molar-refractivity contribution in [3.05, 3.63) is 29.8 Å². The van der Waals surface area contributed by atoms with E-state index in [2.05, 4.69) is 22.5 Å². The first kappa shape index (κ1) is 22.3. The predicted molar refractivity (Wildman–Crippen MR) is 117 cm³/mol. The summed E-state index contributed by atoms with van der Waals surface area (Å²) in [4.78, 5) is 41.0. The van der Waals surface area contributed by atoms with Crippen LogP contribution >= 0.6 is 0 Å². The van der Waals surface area contributed by atoms with Crippen molar-refractivity contribution in [2.75, 3.05) is 32.0 Å². The highest BCUT2D eigenvalue weighted by Gasteiger charge is 2.39. The fraction of sp³-hybridized carbons (Fsp3) is 0.609. The van der Waals surface area contributed by atoms with Gasteiger partial charge < -0.3 is 15.5 Å². The number of likely N-dealkylation sites (tertiary alicyclic amines) is 1. The second-order valence-electron chi connectivity index (χ2n) is 9.05. The summed E-state index contributed by atoms with van der Waals surface area (Å²) < 4.78 is 0. The predicted octanol–water partition coefficient (Wildman–Crippen LogP) is 2.34. The van der Waals surface area contributed by atoms with Gasteiger partial charge in [0.1, 0.15) is 0 Å². The lowest BCUT2D eigenvalue weighted by molar-refractivity contribution is -0.123. The number of rotatable bonds is 7. The Kier molecular flexibility index (Phi) is 7.13. The summed E-state index contributed by atoms with van der Waals surface area (Å²) in [6.45, 7) is 7.68. The Morgan fingerprint density at radius 2 is 1.87 bits per heavy atom. The summed E-state index contributed by atoms with van der Waals surface area (Å²) in [5.74, 6) is 0.612. The van der Waals surface area contributed by atoms with E-state index in [1.165, 1.54) is 0 Å². The molecule has 0 spiro atoms. The molecule has 2 aliphatic rings. The number of nitrogens with one attached hydrogen (secondary N) is 2. The van der Waals surface area contributed by atoms with Crippen LogP contribution in [0.25, 0.3) is 0 Å². The maximum Gasteiger partial charge on any atom is 0.253 e. The third-order valence-corrected chi connectivity index (χ3v) is 6.04. The van der Waals surface area contributed by atoms with E-state index in [1.54, 1.807) is 12.1 Å². The van der Waals surface area contributed by atoms with Crippen molar-refractivity contribution in [2.24, 2.45) is 11.8 Å². The zero-order valence-electron chi connectivity index (χ0n) is 18.5. The van der Waals surface area contributed by atoms with E-state index in [-0.39, 0.29) is 35.7 Å². The molecule has 1 saturated carbocycles. The van der Waals surface area contributed by atoms with Gasteiger partial charge in [-0.25, -0.2) is 0 Å². The Hall–Kier alpha value is -2.41. The highest BCUT2D eigenvalue weighted by molar-refractivity contribution is 5.98. The lowest BCUT2D eigenvalue weighted by Gasteiger charge is -2.36. The number of carbonyl (C=O) groups is 3. The molecule has 0 bridgehead atoms. The fourth-order valence-corrected chi connectivity index (χ4v) is 4.07. The molecular formula is C23H34N4O3. The number of benzene rings is 1. The summed E-state index contributed by atoms with van der Waals surface area (Å²) in [5, 5.41) is 5.85. The number of piperidine rings is 1. The van der Waals surface area contributed by atoms with Crippen LogP contribution in [0.4, 0.5) is 5.69 Å². The molecule has 0 radical (unpaired) electrons. The van der Waals surface area contributed by atoms with Gasteiger partial charge in [0.05, 0.1) is 6.54 Å². The number of carbonyl (C=O) groups excluding carboxylic acids is 3. The van der Waals surface area contributed by atoms with Crippen LogP contribution in [0, 0.1) is 11.8 Å². The van der Waals surface area contributed by atoms with E-state index in [0.717, 1.165) is 19.3 Å². The maximum absolute atomic E-state index is 12.9.